The predicted octanol–water partition coefficient (Wildman–Crippen LogP) is 2.95. The third-order valence-electron chi connectivity index (χ3n) is 2.91. The predicted molar refractivity (Wildman–Crippen MR) is 81.3 cm³/mol. The van der Waals surface area contributed by atoms with Crippen LogP contribution in [0.15, 0.2) is 30.4 Å². The average molecular weight is 302 g/mol. The molecule has 110 valence electrons. The normalized spacial score (nSPS) is 62.1. The fourth-order valence-electron chi connectivity index (χ4n) is 1.94. The molecule has 2 aromatic rings. The second-order valence-electron chi connectivity index (χ2n) is 4.18. The first-order valence-electron chi connectivity index (χ1n) is 14.9. The summed E-state index contributed by atoms with van der Waals surface area (Å²) in [5.74, 6) is -1.91. The number of carbonyl (C=O) groups excluding carboxylic acids is 1. The number of aromatic amines is 1. The maximum absolute atomic E-state index is 13.4. The van der Waals surface area contributed by atoms with Crippen molar-refractivity contribution in [1.29, 1.82) is 0 Å². The van der Waals surface area contributed by atoms with Gasteiger partial charge in [0.25, 0.3) is 0 Å². The summed E-state index contributed by atoms with van der Waals surface area (Å²) in [6.07, 6.45) is -21.5. The van der Waals surface area contributed by atoms with E-state index in [4.69, 9.17) is 29.4 Å². The van der Waals surface area contributed by atoms with Gasteiger partial charge in [-0.3, -0.25) is 0 Å². The summed E-state index contributed by atoms with van der Waals surface area (Å²) < 4.78 is 153. The average Bonchev–Trinajstić information content (AvgIpc) is 3.16. The van der Waals surface area contributed by atoms with Crippen LogP contribution in [0.4, 0.5) is 0 Å². The number of nitrogens with one attached hydrogen (secondary N) is 1. The summed E-state index contributed by atoms with van der Waals surface area (Å²) in [6.45, 7) is -3.85. The minimum Gasteiger partial charge on any atom is -0.459 e. The van der Waals surface area contributed by atoms with Crippen molar-refractivity contribution >= 4 is 16.9 Å². The van der Waals surface area contributed by atoms with Crippen molar-refractivity contribution in [3.8, 4) is 0 Å². The maximum Gasteiger partial charge on any atom is 0.340 e. The molecule has 1 N–H and O–H groups in total. The number of aromatic nitrogens is 1. The topological polar surface area (TPSA) is 45.3 Å². The van der Waals surface area contributed by atoms with Crippen LogP contribution in [0.5, 0.6) is 0 Å². The number of benzene rings is 1. The summed E-state index contributed by atoms with van der Waals surface area (Å²) in [7, 11) is 0. The van der Waals surface area contributed by atoms with Crippen LogP contribution in [0.2, 0.25) is 0 Å². The Balaban J connectivity index is 2.03. The van der Waals surface area contributed by atoms with Crippen molar-refractivity contribution < 1.29 is 34.2 Å². The van der Waals surface area contributed by atoms with Crippen LogP contribution in [0, 0.1) is 0 Å². The molecule has 2 aliphatic heterocycles. The molecule has 4 nitrogen and oxygen atoms in total. The molecule has 0 aliphatic carbocycles. The molecule has 2 bridgehead atoms. The monoisotopic (exact) mass is 302 g/mol. The Morgan fingerprint density at radius 1 is 1.52 bits per heavy atom. The van der Waals surface area contributed by atoms with Crippen molar-refractivity contribution in [2.75, 3.05) is 6.98 Å². The second-order valence-corrected chi connectivity index (χ2v) is 4.18. The highest BCUT2D eigenvalue weighted by Crippen LogP contribution is 2.35. The first-order chi connectivity index (χ1) is 17.2. The van der Waals surface area contributed by atoms with E-state index in [1.54, 1.807) is 0 Å². The minimum absolute atomic E-state index is 0.308. The standard InChI is InChI=1S/C17H20N2O2/c1-19-11-6-7-12(19)9-13(8-11)21-17(20)15-10-18-16-5-3-2-4-14(15)16/h2-5,10-13,18H,6-9H2,1H3/t11-,12+,13?/i1D3,2D,4D,5D,6D2,7D2,8D2,9D2,10D,11D,12D,13D. The van der Waals surface area contributed by atoms with Crippen LogP contribution in [0.3, 0.4) is 0 Å². The van der Waals surface area contributed by atoms with Gasteiger partial charge in [0, 0.05) is 59.7 Å². The Bertz CT molecular complexity index is 1370. The Hall–Kier alpha value is -1.81. The fourth-order valence-corrected chi connectivity index (χ4v) is 1.94. The largest absolute Gasteiger partial charge is 0.459 e. The van der Waals surface area contributed by atoms with Gasteiger partial charge in [0.2, 0.25) is 0 Å². The number of esters is 1. The van der Waals surface area contributed by atoms with Crippen LogP contribution in [-0.4, -0.2) is 40.9 Å². The van der Waals surface area contributed by atoms with Crippen molar-refractivity contribution in [1.82, 2.24) is 9.88 Å². The van der Waals surface area contributed by atoms with Crippen LogP contribution in [0.1, 0.15) is 60.5 Å². The van der Waals surface area contributed by atoms with Gasteiger partial charge in [0.15, 0.2) is 0 Å². The van der Waals surface area contributed by atoms with Gasteiger partial charge < -0.3 is 14.6 Å². The van der Waals surface area contributed by atoms with E-state index in [-0.39, 0.29) is 5.52 Å². The molecule has 3 atom stereocenters. The number of H-pyrrole nitrogens is 1. The molecule has 1 unspecified atom stereocenters. The maximum atomic E-state index is 13.4. The van der Waals surface area contributed by atoms with Crippen molar-refractivity contribution in [3.05, 3.63) is 35.9 Å². The number of rotatable bonds is 2. The van der Waals surface area contributed by atoms with E-state index in [0.717, 1.165) is 6.07 Å². The molecular formula is C17H20N2O2. The number of ether oxygens (including phenoxy) is 1. The Morgan fingerprint density at radius 3 is 3.10 bits per heavy atom. The van der Waals surface area contributed by atoms with E-state index in [1.807, 2.05) is 0 Å². The molecule has 2 fully saturated rings. The molecule has 0 saturated carbocycles. The van der Waals surface area contributed by atoms with Gasteiger partial charge in [-0.05, 0) is 25.8 Å². The molecule has 1 aromatic carbocycles. The number of para-hydroxylation sites is 1. The highest BCUT2D eigenvalue weighted by molar-refractivity contribution is 6.04. The molecular weight excluding hydrogens is 264 g/mol. The lowest BCUT2D eigenvalue weighted by atomic mass is 10.0. The van der Waals surface area contributed by atoms with E-state index < -0.39 is 96.7 Å². The number of fused-ring (bicyclic) bond motifs is 3. The van der Waals surface area contributed by atoms with Crippen LogP contribution < -0.4 is 0 Å². The third kappa shape index (κ3) is 2.14. The molecule has 0 radical (unpaired) electrons. The molecule has 21 heavy (non-hydrogen) atoms. The van der Waals surface area contributed by atoms with E-state index >= 15 is 0 Å². The minimum atomic E-state index is -4.22. The Labute approximate surface area is 149 Å². The number of hydrogen-bond donors (Lipinski definition) is 1. The van der Waals surface area contributed by atoms with Gasteiger partial charge in [0.05, 0.1) is 12.4 Å². The van der Waals surface area contributed by atoms with Gasteiger partial charge in [-0.25, -0.2) is 4.79 Å². The van der Waals surface area contributed by atoms with E-state index in [9.17, 15) is 4.79 Å². The third-order valence-corrected chi connectivity index (χ3v) is 2.91. The zero-order valence-corrected chi connectivity index (χ0v) is 10.3. The lowest BCUT2D eigenvalue weighted by molar-refractivity contribution is -0.000258. The molecule has 0 amide bonds. The molecule has 3 heterocycles. The smallest absolute Gasteiger partial charge is 0.340 e. The molecule has 2 saturated heterocycles. The van der Waals surface area contributed by atoms with E-state index in [2.05, 4.69) is 4.98 Å². The van der Waals surface area contributed by atoms with Crippen molar-refractivity contribution in [3.63, 3.8) is 0 Å². The number of hydrogen-bond acceptors (Lipinski definition) is 3. The van der Waals surface area contributed by atoms with Gasteiger partial charge in [-0.15, -0.1) is 0 Å². The second kappa shape index (κ2) is 4.88. The number of nitrogens with zero attached hydrogens (tertiary/aromatic N) is 1. The lowest BCUT2D eigenvalue weighted by Gasteiger charge is -2.35. The number of piperidine rings is 1. The molecule has 2 aliphatic rings. The van der Waals surface area contributed by atoms with Crippen LogP contribution in [-0.2, 0) is 4.74 Å². The summed E-state index contributed by atoms with van der Waals surface area (Å²) in [5.41, 5.74) is -1.26. The fraction of sp³-hybridized carbons (Fsp3) is 0.471. The summed E-state index contributed by atoms with van der Waals surface area (Å²) >= 11 is 0. The van der Waals surface area contributed by atoms with Gasteiger partial charge in [-0.1, -0.05) is 18.2 Å². The van der Waals surface area contributed by atoms with Gasteiger partial charge in [-0.2, -0.15) is 0 Å². The highest BCUT2D eigenvalue weighted by Gasteiger charge is 2.40. The summed E-state index contributed by atoms with van der Waals surface area (Å²) in [6, 6.07) is -8.92. The lowest BCUT2D eigenvalue weighted by Crippen LogP contribution is -2.43. The van der Waals surface area contributed by atoms with Crippen molar-refractivity contribution in [2.24, 2.45) is 0 Å². The number of carbonyl (C=O) groups is 1. The zero-order chi connectivity index (χ0) is 30.3. The van der Waals surface area contributed by atoms with Gasteiger partial charge >= 0.3 is 5.97 Å². The van der Waals surface area contributed by atoms with Crippen LogP contribution >= 0.6 is 0 Å². The first-order valence-corrected chi connectivity index (χ1v) is 5.86. The highest BCUT2D eigenvalue weighted by atomic mass is 16.5. The van der Waals surface area contributed by atoms with E-state index in [0.29, 0.717) is 0 Å². The summed E-state index contributed by atoms with van der Waals surface area (Å²) in [5, 5.41) is -0.554. The van der Waals surface area contributed by atoms with E-state index in [1.165, 1.54) is 0 Å². The molecule has 1 aromatic heterocycles. The molecule has 0 spiro atoms. The summed E-state index contributed by atoms with van der Waals surface area (Å²) in [4.78, 5) is 15.0. The first kappa shape index (κ1) is 3.93. The van der Waals surface area contributed by atoms with Gasteiger partial charge in [0.1, 0.15) is 6.08 Å². The Kier molecular flexibility index (Phi) is 0.913. The zero-order valence-electron chi connectivity index (χ0n) is 28.3. The molecule has 4 heteroatoms. The van der Waals surface area contributed by atoms with Crippen molar-refractivity contribution in [2.45, 2.75) is 43.6 Å². The Morgan fingerprint density at radius 2 is 2.33 bits per heavy atom. The SMILES string of the molecule is [2H]c1cc([2H])c2[nH]c([2H])c(C(=O)OC3([2H])C([2H])([2H])[C@]4([2H])N(C([2H])([2H])[2H])[C@]([2H])(C3([2H])[2H])C([2H])([2H])C4([2H])[2H])c2c1[2H]. The van der Waals surface area contributed by atoms with Crippen LogP contribution in [0.25, 0.3) is 10.9 Å². The quantitative estimate of drug-likeness (QED) is 0.868. The molecule has 4 rings (SSSR count).